The number of hydrogen-bond acceptors (Lipinski definition) is 1. The van der Waals surface area contributed by atoms with Crippen molar-refractivity contribution in [2.24, 2.45) is 0 Å². The molecule has 1 N–H and O–H groups in total. The van der Waals surface area contributed by atoms with E-state index in [1.54, 1.807) is 6.07 Å². The normalized spacial score (nSPS) is 21.1. The first-order valence-corrected chi connectivity index (χ1v) is 6.64. The number of piperidine rings is 1. The van der Waals surface area contributed by atoms with Gasteiger partial charge in [0.15, 0.2) is 0 Å². The first kappa shape index (κ1) is 12.1. The Bertz CT molecular complexity index is 372. The molecule has 0 saturated carbocycles. The third-order valence-electron chi connectivity index (χ3n) is 3.26. The zero-order chi connectivity index (χ0) is 11.5. The predicted molar refractivity (Wildman–Crippen MR) is 68.2 cm³/mol. The van der Waals surface area contributed by atoms with Gasteiger partial charge in [-0.05, 0) is 71.9 Å². The van der Waals surface area contributed by atoms with Gasteiger partial charge in [0.2, 0.25) is 0 Å². The smallest absolute Gasteiger partial charge is 0.137 e. The highest BCUT2D eigenvalue weighted by molar-refractivity contribution is 9.10. The van der Waals surface area contributed by atoms with Gasteiger partial charge < -0.3 is 5.32 Å². The molecule has 1 aromatic rings. The second kappa shape index (κ2) is 5.28. The van der Waals surface area contributed by atoms with Crippen molar-refractivity contribution in [3.63, 3.8) is 0 Å². The van der Waals surface area contributed by atoms with E-state index >= 15 is 0 Å². The van der Waals surface area contributed by atoms with Crippen molar-refractivity contribution in [2.45, 2.75) is 38.6 Å². The highest BCUT2D eigenvalue weighted by Crippen LogP contribution is 2.23. The van der Waals surface area contributed by atoms with Crippen LogP contribution in [0.4, 0.5) is 4.39 Å². The molecule has 1 fully saturated rings. The van der Waals surface area contributed by atoms with Crippen LogP contribution in [0.2, 0.25) is 0 Å². The summed E-state index contributed by atoms with van der Waals surface area (Å²) in [4.78, 5) is 0. The second-order valence-electron chi connectivity index (χ2n) is 4.54. The topological polar surface area (TPSA) is 12.0 Å². The van der Waals surface area contributed by atoms with E-state index in [1.165, 1.54) is 24.8 Å². The summed E-state index contributed by atoms with van der Waals surface area (Å²) in [5.74, 6) is -0.169. The van der Waals surface area contributed by atoms with Crippen molar-refractivity contribution in [2.75, 3.05) is 6.54 Å². The number of aryl methyl sites for hydroxylation is 1. The van der Waals surface area contributed by atoms with Crippen molar-refractivity contribution in [1.29, 1.82) is 0 Å². The van der Waals surface area contributed by atoms with Gasteiger partial charge in [0.1, 0.15) is 5.82 Å². The van der Waals surface area contributed by atoms with Crippen LogP contribution in [0.3, 0.4) is 0 Å². The summed E-state index contributed by atoms with van der Waals surface area (Å²) in [6, 6.07) is 4.09. The molecule has 3 heteroatoms. The number of hydrogen-bond donors (Lipinski definition) is 1. The molecule has 1 aliphatic rings. The molecule has 2 rings (SSSR count). The lowest BCUT2D eigenvalue weighted by atomic mass is 9.95. The van der Waals surface area contributed by atoms with Gasteiger partial charge in [0.05, 0.1) is 4.47 Å². The quantitative estimate of drug-likeness (QED) is 0.876. The summed E-state index contributed by atoms with van der Waals surface area (Å²) in [6.07, 6.45) is 4.82. The molecule has 1 atom stereocenters. The van der Waals surface area contributed by atoms with Gasteiger partial charge in [-0.1, -0.05) is 6.42 Å². The number of benzene rings is 1. The Labute approximate surface area is 105 Å². The Balaban J connectivity index is 2.11. The summed E-state index contributed by atoms with van der Waals surface area (Å²) in [5.41, 5.74) is 2.29. The largest absolute Gasteiger partial charge is 0.314 e. The second-order valence-corrected chi connectivity index (χ2v) is 5.40. The molecule has 0 amide bonds. The predicted octanol–water partition coefficient (Wildman–Crippen LogP) is 3.58. The number of rotatable bonds is 2. The van der Waals surface area contributed by atoms with Crippen molar-refractivity contribution < 1.29 is 4.39 Å². The molecule has 0 aliphatic carbocycles. The molecule has 0 aromatic heterocycles. The van der Waals surface area contributed by atoms with Crippen LogP contribution in [0.5, 0.6) is 0 Å². The van der Waals surface area contributed by atoms with Crippen LogP contribution in [0, 0.1) is 12.7 Å². The van der Waals surface area contributed by atoms with Crippen molar-refractivity contribution >= 4 is 15.9 Å². The lowest BCUT2D eigenvalue weighted by molar-refractivity contribution is 0.399. The molecule has 0 spiro atoms. The van der Waals surface area contributed by atoms with Crippen LogP contribution < -0.4 is 5.32 Å². The van der Waals surface area contributed by atoms with Gasteiger partial charge in [-0.25, -0.2) is 4.39 Å². The first-order valence-electron chi connectivity index (χ1n) is 5.84. The summed E-state index contributed by atoms with van der Waals surface area (Å²) in [6.45, 7) is 3.10. The Kier molecular flexibility index (Phi) is 3.98. The van der Waals surface area contributed by atoms with Crippen LogP contribution in [0.15, 0.2) is 16.6 Å². The minimum Gasteiger partial charge on any atom is -0.314 e. The molecule has 1 heterocycles. The van der Waals surface area contributed by atoms with Crippen molar-refractivity contribution in [3.8, 4) is 0 Å². The Hall–Kier alpha value is -0.410. The fraction of sp³-hybridized carbons (Fsp3) is 0.538. The zero-order valence-corrected chi connectivity index (χ0v) is 11.1. The maximum Gasteiger partial charge on any atom is 0.137 e. The summed E-state index contributed by atoms with van der Waals surface area (Å²) in [7, 11) is 0. The van der Waals surface area contributed by atoms with E-state index in [9.17, 15) is 4.39 Å². The minimum atomic E-state index is -0.169. The van der Waals surface area contributed by atoms with E-state index in [-0.39, 0.29) is 5.82 Å². The Morgan fingerprint density at radius 3 is 2.94 bits per heavy atom. The summed E-state index contributed by atoms with van der Waals surface area (Å²) >= 11 is 3.25. The van der Waals surface area contributed by atoms with Gasteiger partial charge in [-0.15, -0.1) is 0 Å². The van der Waals surface area contributed by atoms with Gasteiger partial charge in [0, 0.05) is 6.04 Å². The SMILES string of the molecule is Cc1cc(F)c(Br)cc1CC1CCCCN1. The average molecular weight is 286 g/mol. The van der Waals surface area contributed by atoms with Gasteiger partial charge in [-0.3, -0.25) is 0 Å². The van der Waals surface area contributed by atoms with Gasteiger partial charge >= 0.3 is 0 Å². The average Bonchev–Trinajstić information content (AvgIpc) is 2.27. The van der Waals surface area contributed by atoms with Gasteiger partial charge in [0.25, 0.3) is 0 Å². The van der Waals surface area contributed by atoms with E-state index in [2.05, 4.69) is 21.2 Å². The van der Waals surface area contributed by atoms with Crippen LogP contribution >= 0.6 is 15.9 Å². The molecule has 1 unspecified atom stereocenters. The summed E-state index contributed by atoms with van der Waals surface area (Å²) < 4.78 is 13.8. The monoisotopic (exact) mass is 285 g/mol. The maximum atomic E-state index is 13.3. The Morgan fingerprint density at radius 1 is 1.44 bits per heavy atom. The van der Waals surface area contributed by atoms with Crippen LogP contribution in [0.25, 0.3) is 0 Å². The molecular formula is C13H17BrFN. The van der Waals surface area contributed by atoms with E-state index in [4.69, 9.17) is 0 Å². The third kappa shape index (κ3) is 2.83. The molecule has 0 bridgehead atoms. The molecular weight excluding hydrogens is 269 g/mol. The lowest BCUT2D eigenvalue weighted by Crippen LogP contribution is -2.35. The van der Waals surface area contributed by atoms with Crippen molar-refractivity contribution in [3.05, 3.63) is 33.5 Å². The van der Waals surface area contributed by atoms with E-state index in [0.717, 1.165) is 18.5 Å². The standard InChI is InChI=1S/C13H17BrFN/c1-9-6-13(15)12(14)8-10(9)7-11-4-2-3-5-16-11/h6,8,11,16H,2-5,7H2,1H3. The summed E-state index contributed by atoms with van der Waals surface area (Å²) in [5, 5.41) is 3.52. The number of halogens is 2. The van der Waals surface area contributed by atoms with Crippen LogP contribution in [0.1, 0.15) is 30.4 Å². The molecule has 0 radical (unpaired) electrons. The fourth-order valence-electron chi connectivity index (χ4n) is 2.27. The number of nitrogens with one attached hydrogen (secondary N) is 1. The lowest BCUT2D eigenvalue weighted by Gasteiger charge is -2.24. The van der Waals surface area contributed by atoms with Crippen LogP contribution in [-0.2, 0) is 6.42 Å². The first-order chi connectivity index (χ1) is 7.66. The van der Waals surface area contributed by atoms with E-state index < -0.39 is 0 Å². The molecule has 1 saturated heterocycles. The fourth-order valence-corrected chi connectivity index (χ4v) is 2.66. The van der Waals surface area contributed by atoms with Gasteiger partial charge in [-0.2, -0.15) is 0 Å². The van der Waals surface area contributed by atoms with E-state index in [0.29, 0.717) is 10.5 Å². The maximum absolute atomic E-state index is 13.3. The van der Waals surface area contributed by atoms with Crippen LogP contribution in [-0.4, -0.2) is 12.6 Å². The molecule has 1 aliphatic heterocycles. The van der Waals surface area contributed by atoms with Crippen molar-refractivity contribution in [1.82, 2.24) is 5.32 Å². The van der Waals surface area contributed by atoms with E-state index in [1.807, 2.05) is 13.0 Å². The highest BCUT2D eigenvalue weighted by Gasteiger charge is 2.15. The highest BCUT2D eigenvalue weighted by atomic mass is 79.9. The molecule has 16 heavy (non-hydrogen) atoms. The zero-order valence-electron chi connectivity index (χ0n) is 9.52. The Morgan fingerprint density at radius 2 is 2.25 bits per heavy atom. The molecule has 1 nitrogen and oxygen atoms in total. The minimum absolute atomic E-state index is 0.169. The third-order valence-corrected chi connectivity index (χ3v) is 3.87. The molecule has 88 valence electrons. The molecule has 1 aromatic carbocycles.